The fraction of sp³-hybridized carbons (Fsp3) is 0.389. The van der Waals surface area contributed by atoms with E-state index in [1.165, 1.54) is 22.5 Å². The van der Waals surface area contributed by atoms with E-state index < -0.39 is 28.5 Å². The maximum atomic E-state index is 12.6. The molecule has 0 spiro atoms. The molecule has 0 saturated carbocycles. The van der Waals surface area contributed by atoms with E-state index >= 15 is 0 Å². The van der Waals surface area contributed by atoms with E-state index in [9.17, 15) is 18.0 Å². The lowest BCUT2D eigenvalue weighted by molar-refractivity contribution is -0.119. The number of anilines is 2. The predicted molar refractivity (Wildman–Crippen MR) is 112 cm³/mol. The van der Waals surface area contributed by atoms with E-state index in [4.69, 9.17) is 4.74 Å². The minimum absolute atomic E-state index is 0.0784. The number of carbonyl (C=O) groups is 2. The van der Waals surface area contributed by atoms with E-state index in [1.54, 1.807) is 33.9 Å². The van der Waals surface area contributed by atoms with Crippen LogP contribution in [0.3, 0.4) is 0 Å². The van der Waals surface area contributed by atoms with Crippen molar-refractivity contribution < 1.29 is 22.7 Å². The zero-order chi connectivity index (χ0) is 21.6. The number of aromatic nitrogens is 1. The Morgan fingerprint density at radius 3 is 2.55 bits per heavy atom. The first kappa shape index (κ1) is 22.8. The van der Waals surface area contributed by atoms with Gasteiger partial charge in [-0.2, -0.15) is 8.68 Å². The molecule has 0 saturated heterocycles. The Hall–Kier alpha value is -2.50. The number of nitrogens with zero attached hydrogens (tertiary/aromatic N) is 2. The second-order valence-electron chi connectivity index (χ2n) is 5.96. The summed E-state index contributed by atoms with van der Waals surface area (Å²) in [5, 5.41) is 5.96. The van der Waals surface area contributed by atoms with Gasteiger partial charge in [0, 0.05) is 25.8 Å². The average molecular weight is 441 g/mol. The van der Waals surface area contributed by atoms with Crippen molar-refractivity contribution in [2.75, 3.05) is 37.4 Å². The van der Waals surface area contributed by atoms with Gasteiger partial charge in [0.1, 0.15) is 10.6 Å². The first-order chi connectivity index (χ1) is 13.7. The average Bonchev–Trinajstić information content (AvgIpc) is 3.07. The number of hydrogen-bond acceptors (Lipinski definition) is 8. The highest BCUT2D eigenvalue weighted by molar-refractivity contribution is 7.89. The summed E-state index contributed by atoms with van der Waals surface area (Å²) in [7, 11) is -1.98. The minimum atomic E-state index is -3.64. The van der Waals surface area contributed by atoms with Gasteiger partial charge in [0.2, 0.25) is 10.0 Å². The number of aryl methyl sites for hydroxylation is 1. The SMILES string of the molecule is CCN(CC)S(=O)(=O)c1cccc(NC(=O)COC(=O)c2c(C)nsc2NC)c1. The van der Waals surface area contributed by atoms with Gasteiger partial charge in [0.05, 0.1) is 10.6 Å². The van der Waals surface area contributed by atoms with Crippen LogP contribution in [0.4, 0.5) is 10.7 Å². The Bertz CT molecular complexity index is 984. The number of nitrogens with one attached hydrogen (secondary N) is 2. The van der Waals surface area contributed by atoms with Gasteiger partial charge in [0.15, 0.2) is 6.61 Å². The van der Waals surface area contributed by atoms with E-state index in [0.717, 1.165) is 11.5 Å². The fourth-order valence-corrected chi connectivity index (χ4v) is 4.87. The number of amides is 1. The van der Waals surface area contributed by atoms with Gasteiger partial charge in [-0.25, -0.2) is 13.2 Å². The van der Waals surface area contributed by atoms with Crippen molar-refractivity contribution in [3.8, 4) is 0 Å². The van der Waals surface area contributed by atoms with Crippen LogP contribution in [0.25, 0.3) is 0 Å². The molecule has 0 unspecified atom stereocenters. The quantitative estimate of drug-likeness (QED) is 0.575. The Morgan fingerprint density at radius 1 is 1.24 bits per heavy atom. The molecule has 0 bridgehead atoms. The zero-order valence-corrected chi connectivity index (χ0v) is 18.3. The highest BCUT2D eigenvalue weighted by Gasteiger charge is 2.22. The predicted octanol–water partition coefficient (Wildman–Crippen LogP) is 2.32. The van der Waals surface area contributed by atoms with Crippen molar-refractivity contribution >= 4 is 44.1 Å². The van der Waals surface area contributed by atoms with Crippen LogP contribution >= 0.6 is 11.5 Å². The third-order valence-corrected chi connectivity index (χ3v) is 7.09. The van der Waals surface area contributed by atoms with Crippen LogP contribution in [0.1, 0.15) is 29.9 Å². The van der Waals surface area contributed by atoms with Crippen LogP contribution in [0.2, 0.25) is 0 Å². The molecule has 0 fully saturated rings. The number of esters is 1. The summed E-state index contributed by atoms with van der Waals surface area (Å²) in [4.78, 5) is 24.5. The van der Waals surface area contributed by atoms with Crippen LogP contribution in [0.5, 0.6) is 0 Å². The third kappa shape index (κ3) is 5.31. The monoisotopic (exact) mass is 440 g/mol. The molecule has 1 aromatic heterocycles. The van der Waals surface area contributed by atoms with Gasteiger partial charge in [-0.15, -0.1) is 0 Å². The second kappa shape index (κ2) is 9.81. The summed E-state index contributed by atoms with van der Waals surface area (Å²) in [5.74, 6) is -1.24. The van der Waals surface area contributed by atoms with Crippen molar-refractivity contribution in [3.05, 3.63) is 35.5 Å². The van der Waals surface area contributed by atoms with Crippen molar-refractivity contribution in [1.29, 1.82) is 0 Å². The van der Waals surface area contributed by atoms with E-state index in [1.807, 2.05) is 0 Å². The van der Waals surface area contributed by atoms with Crippen molar-refractivity contribution in [2.45, 2.75) is 25.7 Å². The molecular formula is C18H24N4O5S2. The van der Waals surface area contributed by atoms with Crippen LogP contribution in [0.15, 0.2) is 29.2 Å². The zero-order valence-electron chi connectivity index (χ0n) is 16.7. The number of hydrogen-bond donors (Lipinski definition) is 2. The summed E-state index contributed by atoms with van der Waals surface area (Å²) in [6.45, 7) is 5.37. The fourth-order valence-electron chi connectivity index (χ4n) is 2.63. The molecule has 0 radical (unpaired) electrons. The maximum absolute atomic E-state index is 12.6. The standard InChI is InChI=1S/C18H24N4O5S2/c1-5-22(6-2)29(25,26)14-9-7-8-13(10-14)20-15(23)11-27-18(24)16-12(3)21-28-17(16)19-4/h7-10,19H,5-6,11H2,1-4H3,(H,20,23). The van der Waals surface area contributed by atoms with Gasteiger partial charge < -0.3 is 15.4 Å². The van der Waals surface area contributed by atoms with Crippen molar-refractivity contribution in [1.82, 2.24) is 8.68 Å². The lowest BCUT2D eigenvalue weighted by Gasteiger charge is -2.18. The summed E-state index contributed by atoms with van der Waals surface area (Å²) in [6.07, 6.45) is 0. The molecule has 1 amide bonds. The first-order valence-electron chi connectivity index (χ1n) is 8.95. The maximum Gasteiger partial charge on any atom is 0.343 e. The molecular weight excluding hydrogens is 416 g/mol. The van der Waals surface area contributed by atoms with Gasteiger partial charge in [-0.1, -0.05) is 19.9 Å². The number of benzene rings is 1. The largest absolute Gasteiger partial charge is 0.452 e. The lowest BCUT2D eigenvalue weighted by Crippen LogP contribution is -2.30. The van der Waals surface area contributed by atoms with Gasteiger partial charge in [0.25, 0.3) is 5.91 Å². The van der Waals surface area contributed by atoms with Crippen molar-refractivity contribution in [3.63, 3.8) is 0 Å². The molecule has 0 aliphatic carbocycles. The molecule has 11 heteroatoms. The van der Waals surface area contributed by atoms with E-state index in [-0.39, 0.29) is 10.5 Å². The topological polar surface area (TPSA) is 118 Å². The van der Waals surface area contributed by atoms with Gasteiger partial charge in [-0.3, -0.25) is 4.79 Å². The molecule has 2 aromatic rings. The van der Waals surface area contributed by atoms with Gasteiger partial charge in [-0.05, 0) is 36.7 Å². The molecule has 1 aromatic carbocycles. The van der Waals surface area contributed by atoms with Gasteiger partial charge >= 0.3 is 5.97 Å². The highest BCUT2D eigenvalue weighted by Crippen LogP contribution is 2.24. The number of ether oxygens (including phenoxy) is 1. The number of sulfonamides is 1. The summed E-state index contributed by atoms with van der Waals surface area (Å²) in [5.41, 5.74) is 1.10. The molecule has 158 valence electrons. The number of rotatable bonds is 9. The van der Waals surface area contributed by atoms with Crippen LogP contribution in [-0.4, -0.2) is 55.7 Å². The third-order valence-electron chi connectivity index (χ3n) is 4.09. The Kier molecular flexibility index (Phi) is 7.71. The normalized spacial score (nSPS) is 11.3. The second-order valence-corrected chi connectivity index (χ2v) is 8.67. The first-order valence-corrected chi connectivity index (χ1v) is 11.2. The van der Waals surface area contributed by atoms with Crippen LogP contribution in [0, 0.1) is 6.92 Å². The summed E-state index contributed by atoms with van der Waals surface area (Å²) >= 11 is 1.13. The highest BCUT2D eigenvalue weighted by atomic mass is 32.2. The Labute approximate surface area is 174 Å². The summed E-state index contributed by atoms with van der Waals surface area (Å²) in [6, 6.07) is 5.94. The number of carbonyl (C=O) groups excluding carboxylic acids is 2. The van der Waals surface area contributed by atoms with Crippen molar-refractivity contribution in [2.24, 2.45) is 0 Å². The van der Waals surface area contributed by atoms with Crippen LogP contribution in [-0.2, 0) is 19.6 Å². The minimum Gasteiger partial charge on any atom is -0.452 e. The van der Waals surface area contributed by atoms with E-state index in [0.29, 0.717) is 29.5 Å². The Morgan fingerprint density at radius 2 is 1.93 bits per heavy atom. The molecule has 0 aliphatic heterocycles. The smallest absolute Gasteiger partial charge is 0.343 e. The van der Waals surface area contributed by atoms with Crippen LogP contribution < -0.4 is 10.6 Å². The molecule has 0 atom stereocenters. The summed E-state index contributed by atoms with van der Waals surface area (Å²) < 4.78 is 35.7. The molecule has 2 rings (SSSR count). The Balaban J connectivity index is 2.04. The molecule has 0 aliphatic rings. The molecule has 2 N–H and O–H groups in total. The molecule has 9 nitrogen and oxygen atoms in total. The lowest BCUT2D eigenvalue weighted by atomic mass is 10.2. The molecule has 1 heterocycles. The molecule has 29 heavy (non-hydrogen) atoms. The van der Waals surface area contributed by atoms with E-state index in [2.05, 4.69) is 15.0 Å².